The van der Waals surface area contributed by atoms with Crippen molar-refractivity contribution >= 4 is 17.4 Å². The number of nitrogens with one attached hydrogen (secondary N) is 1. The van der Waals surface area contributed by atoms with Crippen molar-refractivity contribution in [2.45, 2.75) is 45.2 Å². The topological polar surface area (TPSA) is 28.2 Å². The Hall–Kier alpha value is -0.800. The van der Waals surface area contributed by atoms with Gasteiger partial charge in [0.25, 0.3) is 0 Å². The van der Waals surface area contributed by atoms with Gasteiger partial charge >= 0.3 is 0 Å². The van der Waals surface area contributed by atoms with Crippen LogP contribution in [0.4, 0.5) is 5.82 Å². The molecular formula is C14H22ClN3. The van der Waals surface area contributed by atoms with Crippen molar-refractivity contribution in [2.75, 3.05) is 18.0 Å². The Morgan fingerprint density at radius 2 is 2.28 bits per heavy atom. The molecule has 1 atom stereocenters. The molecule has 1 fully saturated rings. The van der Waals surface area contributed by atoms with Gasteiger partial charge in [-0.15, -0.1) is 0 Å². The molecular weight excluding hydrogens is 246 g/mol. The Balaban J connectivity index is 2.05. The Kier molecular flexibility index (Phi) is 4.84. The number of pyridine rings is 1. The molecule has 18 heavy (non-hydrogen) atoms. The van der Waals surface area contributed by atoms with E-state index in [0.717, 1.165) is 18.9 Å². The average Bonchev–Trinajstić information content (AvgIpc) is 2.38. The molecule has 1 aliphatic rings. The second-order valence-electron chi connectivity index (χ2n) is 5.24. The van der Waals surface area contributed by atoms with Crippen LogP contribution in [0.3, 0.4) is 0 Å². The molecule has 4 heteroatoms. The fourth-order valence-electron chi connectivity index (χ4n) is 2.42. The van der Waals surface area contributed by atoms with E-state index in [4.69, 9.17) is 11.6 Å². The predicted octanol–water partition coefficient (Wildman–Crippen LogP) is 3.09. The van der Waals surface area contributed by atoms with Gasteiger partial charge in [0.1, 0.15) is 5.82 Å². The molecule has 0 aromatic carbocycles. The lowest BCUT2D eigenvalue weighted by Crippen LogP contribution is -2.47. The lowest BCUT2D eigenvalue weighted by molar-refractivity contribution is 0.419. The molecule has 2 rings (SSSR count). The van der Waals surface area contributed by atoms with Crippen molar-refractivity contribution < 1.29 is 0 Å². The molecule has 1 N–H and O–H groups in total. The summed E-state index contributed by atoms with van der Waals surface area (Å²) >= 11 is 5.90. The summed E-state index contributed by atoms with van der Waals surface area (Å²) in [6.45, 7) is 6.50. The van der Waals surface area contributed by atoms with E-state index in [1.807, 2.05) is 12.1 Å². The molecule has 1 unspecified atom stereocenters. The van der Waals surface area contributed by atoms with Crippen LogP contribution in [0.25, 0.3) is 0 Å². The van der Waals surface area contributed by atoms with Gasteiger partial charge in [-0.1, -0.05) is 25.4 Å². The number of nitrogens with zero attached hydrogens (tertiary/aromatic N) is 2. The molecule has 1 saturated heterocycles. The Morgan fingerprint density at radius 3 is 2.94 bits per heavy atom. The lowest BCUT2D eigenvalue weighted by atomic mass is 10.0. The van der Waals surface area contributed by atoms with Gasteiger partial charge in [-0.05, 0) is 31.4 Å². The first kappa shape index (κ1) is 13.6. The number of piperidine rings is 1. The molecule has 1 aliphatic heterocycles. The fourth-order valence-corrected chi connectivity index (χ4v) is 2.54. The molecule has 0 bridgehead atoms. The van der Waals surface area contributed by atoms with Crippen LogP contribution in [0.5, 0.6) is 0 Å². The number of hydrogen-bond donors (Lipinski definition) is 1. The molecule has 0 radical (unpaired) electrons. The van der Waals surface area contributed by atoms with Crippen LogP contribution in [0.1, 0.15) is 33.1 Å². The molecule has 3 nitrogen and oxygen atoms in total. The van der Waals surface area contributed by atoms with Crippen LogP contribution >= 0.6 is 11.6 Å². The van der Waals surface area contributed by atoms with E-state index in [1.54, 1.807) is 6.20 Å². The standard InChI is InChI=1S/C14H22ClN3/c1-11(2)16-10-13-5-3-4-8-18(13)14-7-6-12(15)9-17-14/h6-7,9,11,13,16H,3-5,8,10H2,1-2H3. The van der Waals surface area contributed by atoms with Crippen LogP contribution < -0.4 is 10.2 Å². The lowest BCUT2D eigenvalue weighted by Gasteiger charge is -2.37. The summed E-state index contributed by atoms with van der Waals surface area (Å²) in [6, 6.07) is 5.03. The third-order valence-corrected chi connectivity index (χ3v) is 3.62. The Labute approximate surface area is 115 Å². The summed E-state index contributed by atoms with van der Waals surface area (Å²) in [4.78, 5) is 6.86. The quantitative estimate of drug-likeness (QED) is 0.909. The third kappa shape index (κ3) is 3.59. The van der Waals surface area contributed by atoms with Crippen LogP contribution in [0.15, 0.2) is 18.3 Å². The highest BCUT2D eigenvalue weighted by molar-refractivity contribution is 6.30. The van der Waals surface area contributed by atoms with Gasteiger partial charge in [0.15, 0.2) is 0 Å². The first-order valence-electron chi connectivity index (χ1n) is 6.78. The normalized spacial score (nSPS) is 20.4. The molecule has 0 amide bonds. The van der Waals surface area contributed by atoms with E-state index in [1.165, 1.54) is 19.3 Å². The number of aromatic nitrogens is 1. The van der Waals surface area contributed by atoms with E-state index >= 15 is 0 Å². The minimum atomic E-state index is 0.534. The van der Waals surface area contributed by atoms with E-state index in [-0.39, 0.29) is 0 Å². The van der Waals surface area contributed by atoms with E-state index < -0.39 is 0 Å². The first-order valence-corrected chi connectivity index (χ1v) is 7.16. The van der Waals surface area contributed by atoms with Gasteiger partial charge in [0.05, 0.1) is 5.02 Å². The number of halogens is 1. The van der Waals surface area contributed by atoms with Crippen LogP contribution in [0.2, 0.25) is 5.02 Å². The SMILES string of the molecule is CC(C)NCC1CCCCN1c1ccc(Cl)cn1. The number of rotatable bonds is 4. The molecule has 100 valence electrons. The summed E-state index contributed by atoms with van der Waals surface area (Å²) in [7, 11) is 0. The second-order valence-corrected chi connectivity index (χ2v) is 5.68. The monoisotopic (exact) mass is 267 g/mol. The first-order chi connectivity index (χ1) is 8.66. The highest BCUT2D eigenvalue weighted by atomic mass is 35.5. The van der Waals surface area contributed by atoms with E-state index in [9.17, 15) is 0 Å². The molecule has 0 spiro atoms. The fraction of sp³-hybridized carbons (Fsp3) is 0.643. The van der Waals surface area contributed by atoms with Crippen molar-refractivity contribution in [3.63, 3.8) is 0 Å². The zero-order valence-corrected chi connectivity index (χ0v) is 12.0. The molecule has 0 aliphatic carbocycles. The predicted molar refractivity (Wildman–Crippen MR) is 77.4 cm³/mol. The van der Waals surface area contributed by atoms with Gasteiger partial charge in [-0.25, -0.2) is 4.98 Å². The highest BCUT2D eigenvalue weighted by Gasteiger charge is 2.23. The maximum absolute atomic E-state index is 5.90. The minimum absolute atomic E-state index is 0.534. The van der Waals surface area contributed by atoms with Gasteiger partial charge < -0.3 is 10.2 Å². The second kappa shape index (κ2) is 6.39. The van der Waals surface area contributed by atoms with Crippen molar-refractivity contribution in [2.24, 2.45) is 0 Å². The summed E-state index contributed by atoms with van der Waals surface area (Å²) in [6.07, 6.45) is 5.54. The maximum Gasteiger partial charge on any atom is 0.128 e. The van der Waals surface area contributed by atoms with Gasteiger partial charge in [0, 0.05) is 31.4 Å². The van der Waals surface area contributed by atoms with Crippen molar-refractivity contribution in [1.82, 2.24) is 10.3 Å². The van der Waals surface area contributed by atoms with E-state index in [0.29, 0.717) is 17.1 Å². The van der Waals surface area contributed by atoms with Gasteiger partial charge in [0.2, 0.25) is 0 Å². The van der Waals surface area contributed by atoms with E-state index in [2.05, 4.69) is 29.0 Å². The molecule has 2 heterocycles. The molecule has 1 aromatic heterocycles. The smallest absolute Gasteiger partial charge is 0.128 e. The zero-order valence-electron chi connectivity index (χ0n) is 11.2. The third-order valence-electron chi connectivity index (χ3n) is 3.39. The van der Waals surface area contributed by atoms with Crippen LogP contribution in [-0.2, 0) is 0 Å². The summed E-state index contributed by atoms with van der Waals surface area (Å²) < 4.78 is 0. The van der Waals surface area contributed by atoms with Crippen LogP contribution in [0, 0.1) is 0 Å². The minimum Gasteiger partial charge on any atom is -0.352 e. The largest absolute Gasteiger partial charge is 0.352 e. The van der Waals surface area contributed by atoms with Crippen LogP contribution in [-0.4, -0.2) is 30.2 Å². The van der Waals surface area contributed by atoms with Crippen molar-refractivity contribution in [1.29, 1.82) is 0 Å². The van der Waals surface area contributed by atoms with Crippen molar-refractivity contribution in [3.05, 3.63) is 23.4 Å². The Morgan fingerprint density at radius 1 is 1.44 bits per heavy atom. The van der Waals surface area contributed by atoms with Gasteiger partial charge in [-0.2, -0.15) is 0 Å². The average molecular weight is 268 g/mol. The molecule has 1 aromatic rings. The highest BCUT2D eigenvalue weighted by Crippen LogP contribution is 2.23. The maximum atomic E-state index is 5.90. The number of anilines is 1. The van der Waals surface area contributed by atoms with Gasteiger partial charge in [-0.3, -0.25) is 0 Å². The zero-order chi connectivity index (χ0) is 13.0. The summed E-state index contributed by atoms with van der Waals surface area (Å²) in [5.41, 5.74) is 0. The summed E-state index contributed by atoms with van der Waals surface area (Å²) in [5.74, 6) is 1.05. The number of hydrogen-bond acceptors (Lipinski definition) is 3. The summed E-state index contributed by atoms with van der Waals surface area (Å²) in [5, 5.41) is 4.23. The molecule has 0 saturated carbocycles. The van der Waals surface area contributed by atoms with Crippen molar-refractivity contribution in [3.8, 4) is 0 Å². The Bertz CT molecular complexity index is 364.